The third-order valence-electron chi connectivity index (χ3n) is 13.7. The fraction of sp³-hybridized carbons (Fsp3) is 0.540. The highest BCUT2D eigenvalue weighted by Crippen LogP contribution is 2.49. The van der Waals surface area contributed by atoms with Crippen LogP contribution in [-0.2, 0) is 30.3 Å². The number of aromatic amines is 2. The van der Waals surface area contributed by atoms with E-state index in [1.807, 2.05) is 12.2 Å². The van der Waals surface area contributed by atoms with Crippen LogP contribution in [0.3, 0.4) is 0 Å². The Morgan fingerprint density at radius 1 is 1.00 bits per heavy atom. The molecule has 0 spiro atoms. The van der Waals surface area contributed by atoms with Gasteiger partial charge in [-0.25, -0.2) is 0 Å². The van der Waals surface area contributed by atoms with Crippen molar-refractivity contribution in [2.24, 2.45) is 29.6 Å². The number of methoxy groups -OCH3 is 1. The first kappa shape index (κ1) is 44.7. The molecule has 2 aromatic heterocycles. The molecule has 324 valence electrons. The van der Waals surface area contributed by atoms with Gasteiger partial charge in [0.1, 0.15) is 12.5 Å². The number of nitrogens with one attached hydrogen (secondary N) is 4. The number of hydrogen-bond acceptors (Lipinski definition) is 8. The van der Waals surface area contributed by atoms with Crippen molar-refractivity contribution in [3.8, 4) is 0 Å². The molecule has 6 atom stereocenters. The average molecular weight is 821 g/mol. The van der Waals surface area contributed by atoms with E-state index in [4.69, 9.17) is 9.47 Å². The lowest BCUT2D eigenvalue weighted by Crippen LogP contribution is -2.44. The zero-order valence-electron chi connectivity index (χ0n) is 37.6. The summed E-state index contributed by atoms with van der Waals surface area (Å²) < 4.78 is 11.0. The summed E-state index contributed by atoms with van der Waals surface area (Å²) in [6, 6.07) is -0.546. The van der Waals surface area contributed by atoms with Crippen LogP contribution in [0.4, 0.5) is 0 Å². The van der Waals surface area contributed by atoms with Crippen molar-refractivity contribution >= 4 is 42.0 Å². The Kier molecular flexibility index (Phi) is 13.7. The van der Waals surface area contributed by atoms with Crippen molar-refractivity contribution in [1.82, 2.24) is 20.6 Å². The van der Waals surface area contributed by atoms with Crippen LogP contribution in [0.1, 0.15) is 133 Å². The van der Waals surface area contributed by atoms with Gasteiger partial charge in [0.05, 0.1) is 18.8 Å². The summed E-state index contributed by atoms with van der Waals surface area (Å²) in [4.78, 5) is 48.6. The number of Topliss-reactive ketones (excluding diaryl/α,β-unsaturated/α-hetero) is 1. The summed E-state index contributed by atoms with van der Waals surface area (Å²) >= 11 is 0. The highest BCUT2D eigenvalue weighted by atomic mass is 16.5. The third-order valence-corrected chi connectivity index (χ3v) is 13.7. The lowest BCUT2D eigenvalue weighted by atomic mass is 9.80. The molecule has 10 heteroatoms. The van der Waals surface area contributed by atoms with E-state index < -0.39 is 29.4 Å². The number of allylic oxidation sites excluding steroid dienone is 3. The van der Waals surface area contributed by atoms with Gasteiger partial charge >= 0.3 is 11.9 Å². The van der Waals surface area contributed by atoms with Crippen molar-refractivity contribution < 1.29 is 29.0 Å². The number of carbonyl (C=O) groups is 3. The van der Waals surface area contributed by atoms with Crippen LogP contribution < -0.4 is 21.3 Å². The van der Waals surface area contributed by atoms with Crippen molar-refractivity contribution in [2.75, 3.05) is 13.7 Å². The molecule has 10 nitrogen and oxygen atoms in total. The largest absolute Gasteiger partial charge is 0.468 e. The molecule has 1 aliphatic carbocycles. The first-order chi connectivity index (χ1) is 28.5. The smallest absolute Gasteiger partial charge is 0.320 e. The Labute approximate surface area is 356 Å². The second-order valence-corrected chi connectivity index (χ2v) is 18.2. The van der Waals surface area contributed by atoms with Crippen LogP contribution in [-0.4, -0.2) is 58.3 Å². The predicted molar refractivity (Wildman–Crippen MR) is 239 cm³/mol. The van der Waals surface area contributed by atoms with E-state index in [-0.39, 0.29) is 30.8 Å². The van der Waals surface area contributed by atoms with Gasteiger partial charge in [-0.2, -0.15) is 0 Å². The van der Waals surface area contributed by atoms with Crippen LogP contribution in [0.25, 0.3) is 24.3 Å². The molecule has 0 amide bonds. The standard InChI is InChI=1S/C50H68N4O6/c1-12-34-30(7)37-24-39-32(9)36(20-21-42(55)60-23-22-29(6)19-15-18-28(5)17-14-16-27(3)4)46(53-39)44-45(49(57)59-11)48(56)43-33(10)50(58,54-47(43)44)26-41-35(13-2)31(8)38(52-41)25-40(34)51-37/h12,22,24-28,32,36,45-46,51-54,58H,1,13-21,23H2,2-11H3/b29-22+,38-25-,39-24-,41-26-/t28-,32+,36+,45-,46?,50-/m1/s1. The second kappa shape index (κ2) is 18.4. The van der Waals surface area contributed by atoms with E-state index in [0.29, 0.717) is 41.2 Å². The number of ketones is 1. The molecular formula is C50H68N4O6. The topological polar surface area (TPSA) is 146 Å². The molecule has 8 bridgehead atoms. The number of rotatable bonds is 16. The lowest BCUT2D eigenvalue weighted by molar-refractivity contribution is -0.147. The van der Waals surface area contributed by atoms with Crippen LogP contribution >= 0.6 is 0 Å². The van der Waals surface area contributed by atoms with Gasteiger partial charge in [0.25, 0.3) is 0 Å². The molecule has 1 unspecified atom stereocenters. The molecule has 1 saturated heterocycles. The quantitative estimate of drug-likeness (QED) is 0.0666. The summed E-state index contributed by atoms with van der Waals surface area (Å²) in [5.74, 6) is -1.46. The molecule has 0 radical (unpaired) electrons. The van der Waals surface area contributed by atoms with E-state index in [2.05, 4.69) is 94.7 Å². The molecule has 60 heavy (non-hydrogen) atoms. The summed E-state index contributed by atoms with van der Waals surface area (Å²) in [6.45, 7) is 23.4. The maximum absolute atomic E-state index is 14.4. The number of fused-ring (bicyclic) bond motifs is 8. The second-order valence-electron chi connectivity index (χ2n) is 18.2. The molecule has 3 aliphatic heterocycles. The van der Waals surface area contributed by atoms with Crippen molar-refractivity contribution in [1.29, 1.82) is 0 Å². The van der Waals surface area contributed by atoms with Gasteiger partial charge in [-0.05, 0) is 123 Å². The van der Waals surface area contributed by atoms with Gasteiger partial charge in [-0.3, -0.25) is 14.4 Å². The number of aliphatic hydroxyl groups is 1. The van der Waals surface area contributed by atoms with Gasteiger partial charge < -0.3 is 35.2 Å². The molecule has 4 aliphatic rings. The predicted octanol–water partition coefficient (Wildman–Crippen LogP) is 7.49. The number of carbonyl (C=O) groups excluding carboxylic acids is 3. The zero-order valence-corrected chi connectivity index (χ0v) is 37.6. The van der Waals surface area contributed by atoms with Crippen molar-refractivity contribution in [2.45, 2.75) is 132 Å². The summed E-state index contributed by atoms with van der Waals surface area (Å²) in [5, 5.41) is 21.1. The number of esters is 2. The maximum Gasteiger partial charge on any atom is 0.320 e. The molecule has 5 N–H and O–H groups in total. The molecule has 6 rings (SSSR count). The van der Waals surface area contributed by atoms with Gasteiger partial charge in [0.15, 0.2) is 11.5 Å². The first-order valence-electron chi connectivity index (χ1n) is 22.2. The monoisotopic (exact) mass is 821 g/mol. The first-order valence-corrected chi connectivity index (χ1v) is 22.2. The molecule has 1 fully saturated rings. The fourth-order valence-corrected chi connectivity index (χ4v) is 9.92. The molecule has 0 aromatic carbocycles. The van der Waals surface area contributed by atoms with Crippen LogP contribution in [0.2, 0.25) is 0 Å². The average Bonchev–Trinajstić information content (AvgIpc) is 3.92. The van der Waals surface area contributed by atoms with E-state index >= 15 is 0 Å². The highest BCUT2D eigenvalue weighted by Gasteiger charge is 2.55. The highest BCUT2D eigenvalue weighted by molar-refractivity contribution is 6.18. The fourth-order valence-electron chi connectivity index (χ4n) is 9.92. The Morgan fingerprint density at radius 2 is 1.73 bits per heavy atom. The zero-order chi connectivity index (χ0) is 43.6. The lowest BCUT2D eigenvalue weighted by Gasteiger charge is -2.28. The maximum atomic E-state index is 14.4. The Bertz CT molecular complexity index is 2280. The van der Waals surface area contributed by atoms with Crippen LogP contribution in [0.5, 0.6) is 0 Å². The number of hydrogen-bond donors (Lipinski definition) is 5. The minimum atomic E-state index is -1.72. The van der Waals surface area contributed by atoms with Gasteiger partial charge in [-0.15, -0.1) is 0 Å². The van der Waals surface area contributed by atoms with E-state index in [0.717, 1.165) is 68.8 Å². The number of ether oxygens (including phenoxy) is 2. The normalized spacial score (nSPS) is 25.9. The Hall–Kier alpha value is -4.83. The van der Waals surface area contributed by atoms with Gasteiger partial charge in [0.2, 0.25) is 0 Å². The third kappa shape index (κ3) is 8.81. The Balaban J connectivity index is 1.32. The summed E-state index contributed by atoms with van der Waals surface area (Å²) in [6.07, 6.45) is 18.2. The minimum absolute atomic E-state index is 0.113. The van der Waals surface area contributed by atoms with Crippen LogP contribution in [0.15, 0.2) is 46.3 Å². The molecular weight excluding hydrogens is 753 g/mol. The summed E-state index contributed by atoms with van der Waals surface area (Å²) in [5.41, 5.74) is 7.96. The number of H-pyrrole nitrogens is 2. The number of aromatic nitrogens is 2. The Morgan fingerprint density at radius 3 is 2.42 bits per heavy atom. The van der Waals surface area contributed by atoms with Crippen molar-refractivity contribution in [3.63, 3.8) is 0 Å². The summed E-state index contributed by atoms with van der Waals surface area (Å²) in [7, 11) is 1.29. The van der Waals surface area contributed by atoms with Crippen molar-refractivity contribution in [3.05, 3.63) is 90.7 Å². The minimum Gasteiger partial charge on any atom is -0.468 e. The van der Waals surface area contributed by atoms with Gasteiger partial charge in [-0.1, -0.05) is 78.5 Å². The van der Waals surface area contributed by atoms with Crippen LogP contribution in [0, 0.1) is 43.4 Å². The molecule has 0 saturated carbocycles. The van der Waals surface area contributed by atoms with E-state index in [1.54, 1.807) is 13.0 Å². The SMILES string of the molecule is C=Cc1c2[nH]c(c1C)/C=C1\NC(C3=C4N[C@@](O)(/C=c5\[nH]/c(c(C)c5CC)=C\2)C(C)=C4C(=O)[C@@H]3C(=O)OC)[C@@H](CCC(=O)OC/C=C(\C)CCC[C@H](C)CCCC(C)C)[C@@H]1C. The van der Waals surface area contributed by atoms with E-state index in [1.165, 1.54) is 38.4 Å². The molecule has 2 aromatic rings. The molecule has 5 heterocycles. The van der Waals surface area contributed by atoms with Gasteiger partial charge in [0, 0.05) is 51.3 Å². The van der Waals surface area contributed by atoms with E-state index in [9.17, 15) is 19.5 Å².